The first-order chi connectivity index (χ1) is 9.10. The summed E-state index contributed by atoms with van der Waals surface area (Å²) >= 11 is 0. The number of nitrogens with zero attached hydrogens (tertiary/aromatic N) is 3. The van der Waals surface area contributed by atoms with Gasteiger partial charge >= 0.3 is 0 Å². The van der Waals surface area contributed by atoms with Crippen LogP contribution >= 0.6 is 0 Å². The molecule has 0 saturated carbocycles. The molecule has 0 amide bonds. The van der Waals surface area contributed by atoms with E-state index in [1.807, 2.05) is 26.8 Å². The number of fused-ring (bicyclic) bond motifs is 1. The Labute approximate surface area is 118 Å². The van der Waals surface area contributed by atoms with E-state index >= 15 is 0 Å². The predicted molar refractivity (Wildman–Crippen MR) is 85.7 cm³/mol. The second kappa shape index (κ2) is 9.56. The molecule has 1 aromatic carbocycles. The lowest BCUT2D eigenvalue weighted by Gasteiger charge is -2.00. The summed E-state index contributed by atoms with van der Waals surface area (Å²) in [5.74, 6) is 1.10. The van der Waals surface area contributed by atoms with E-state index < -0.39 is 0 Å². The summed E-state index contributed by atoms with van der Waals surface area (Å²) in [4.78, 5) is 6.57. The molecule has 0 aliphatic heterocycles. The van der Waals surface area contributed by atoms with E-state index in [1.54, 1.807) is 0 Å². The van der Waals surface area contributed by atoms with Gasteiger partial charge in [-0.3, -0.25) is 0 Å². The monoisotopic (exact) mass is 263 g/mol. The lowest BCUT2D eigenvalue weighted by molar-refractivity contribution is 0.434. The minimum atomic E-state index is 0.992. The molecule has 0 spiro atoms. The van der Waals surface area contributed by atoms with Crippen molar-refractivity contribution in [2.45, 2.75) is 41.2 Å². The number of aryl methyl sites for hydroxylation is 2. The van der Waals surface area contributed by atoms with Crippen molar-refractivity contribution in [2.24, 2.45) is 0 Å². The van der Waals surface area contributed by atoms with Crippen molar-refractivity contribution in [1.82, 2.24) is 14.5 Å². The van der Waals surface area contributed by atoms with E-state index in [0.29, 0.717) is 0 Å². The highest BCUT2D eigenvalue weighted by Gasteiger charge is 2.02. The number of para-hydroxylation sites is 2. The van der Waals surface area contributed by atoms with Crippen molar-refractivity contribution in [3.05, 3.63) is 30.1 Å². The van der Waals surface area contributed by atoms with Crippen molar-refractivity contribution in [1.29, 1.82) is 0 Å². The van der Waals surface area contributed by atoms with Gasteiger partial charge in [0.2, 0.25) is 0 Å². The lowest BCUT2D eigenvalue weighted by Crippen LogP contribution is -2.08. The molecule has 0 fully saturated rings. The third-order valence-electron chi connectivity index (χ3n) is 2.79. The molecular formula is C16H29N3. The summed E-state index contributed by atoms with van der Waals surface area (Å²) in [6.45, 7) is 12.4. The summed E-state index contributed by atoms with van der Waals surface area (Å²) in [5, 5.41) is 0. The van der Waals surface area contributed by atoms with Crippen LogP contribution in [0.1, 0.15) is 33.5 Å². The van der Waals surface area contributed by atoms with Crippen LogP contribution in [-0.4, -0.2) is 35.1 Å². The highest BCUT2D eigenvalue weighted by molar-refractivity contribution is 5.75. The standard InChI is InChI=1S/C10H12N2.C4H11N.C2H6/c1-3-12-8(2)11-9-6-4-5-7-10(9)12;1-4-5(2)3;1-2/h4-7H,3H2,1-2H3;4H2,1-3H3;1-2H3. The van der Waals surface area contributed by atoms with E-state index in [-0.39, 0.29) is 0 Å². The highest BCUT2D eigenvalue weighted by atomic mass is 15.1. The maximum absolute atomic E-state index is 4.45. The largest absolute Gasteiger partial charge is 0.329 e. The van der Waals surface area contributed by atoms with E-state index in [2.05, 4.69) is 60.6 Å². The second-order valence-electron chi connectivity index (χ2n) is 4.29. The number of hydrogen-bond donors (Lipinski definition) is 0. The van der Waals surface area contributed by atoms with Gasteiger partial charge in [0.05, 0.1) is 11.0 Å². The van der Waals surface area contributed by atoms with Gasteiger partial charge in [0.25, 0.3) is 0 Å². The lowest BCUT2D eigenvalue weighted by atomic mass is 10.3. The molecule has 0 saturated heterocycles. The normalized spacial score (nSPS) is 9.68. The fourth-order valence-corrected chi connectivity index (χ4v) is 1.60. The Morgan fingerprint density at radius 2 is 1.63 bits per heavy atom. The van der Waals surface area contributed by atoms with Crippen molar-refractivity contribution in [2.75, 3.05) is 20.6 Å². The average Bonchev–Trinajstić information content (AvgIpc) is 2.76. The number of rotatable bonds is 2. The van der Waals surface area contributed by atoms with Gasteiger partial charge in [0.15, 0.2) is 0 Å². The zero-order valence-electron chi connectivity index (χ0n) is 13.6. The fourth-order valence-electron chi connectivity index (χ4n) is 1.60. The quantitative estimate of drug-likeness (QED) is 0.818. The molecule has 2 rings (SSSR count). The summed E-state index contributed by atoms with van der Waals surface area (Å²) in [6.07, 6.45) is 0. The summed E-state index contributed by atoms with van der Waals surface area (Å²) in [6, 6.07) is 8.23. The van der Waals surface area contributed by atoms with Crippen LogP contribution in [0.15, 0.2) is 24.3 Å². The summed E-state index contributed by atoms with van der Waals surface area (Å²) in [5.41, 5.74) is 2.33. The Hall–Kier alpha value is -1.35. The molecule has 0 atom stereocenters. The molecule has 0 radical (unpaired) electrons. The molecule has 0 bridgehead atoms. The zero-order chi connectivity index (χ0) is 14.8. The molecule has 0 unspecified atom stereocenters. The number of benzene rings is 1. The molecular weight excluding hydrogens is 234 g/mol. The molecule has 3 nitrogen and oxygen atoms in total. The fraction of sp³-hybridized carbons (Fsp3) is 0.562. The molecule has 108 valence electrons. The topological polar surface area (TPSA) is 21.1 Å². The second-order valence-corrected chi connectivity index (χ2v) is 4.29. The minimum absolute atomic E-state index is 0.992. The Morgan fingerprint density at radius 1 is 1.11 bits per heavy atom. The van der Waals surface area contributed by atoms with Crippen molar-refractivity contribution < 1.29 is 0 Å². The van der Waals surface area contributed by atoms with Gasteiger partial charge in [-0.15, -0.1) is 0 Å². The molecule has 2 aromatic rings. The Bertz CT molecular complexity index is 458. The van der Waals surface area contributed by atoms with Crippen molar-refractivity contribution in [3.63, 3.8) is 0 Å². The maximum Gasteiger partial charge on any atom is 0.106 e. The maximum atomic E-state index is 4.45. The Morgan fingerprint density at radius 3 is 2.11 bits per heavy atom. The Kier molecular flexibility index (Phi) is 8.88. The van der Waals surface area contributed by atoms with Crippen molar-refractivity contribution in [3.8, 4) is 0 Å². The molecule has 0 aliphatic carbocycles. The number of aromatic nitrogens is 2. The first-order valence-corrected chi connectivity index (χ1v) is 7.16. The smallest absolute Gasteiger partial charge is 0.106 e. The number of imidazole rings is 1. The summed E-state index contributed by atoms with van der Waals surface area (Å²) < 4.78 is 2.22. The van der Waals surface area contributed by atoms with Crippen LogP contribution in [0.2, 0.25) is 0 Å². The van der Waals surface area contributed by atoms with Gasteiger partial charge in [-0.2, -0.15) is 0 Å². The molecule has 3 heteroatoms. The van der Waals surface area contributed by atoms with Gasteiger partial charge in [-0.25, -0.2) is 4.98 Å². The van der Waals surface area contributed by atoms with Crippen LogP contribution in [0.3, 0.4) is 0 Å². The molecule has 19 heavy (non-hydrogen) atoms. The Balaban J connectivity index is 0.000000396. The first-order valence-electron chi connectivity index (χ1n) is 7.16. The third kappa shape index (κ3) is 5.43. The highest BCUT2D eigenvalue weighted by Crippen LogP contribution is 2.14. The van der Waals surface area contributed by atoms with E-state index in [4.69, 9.17) is 0 Å². The summed E-state index contributed by atoms with van der Waals surface area (Å²) in [7, 11) is 4.11. The van der Waals surface area contributed by atoms with Crippen molar-refractivity contribution >= 4 is 11.0 Å². The van der Waals surface area contributed by atoms with Crippen LogP contribution < -0.4 is 0 Å². The molecule has 1 aromatic heterocycles. The van der Waals surface area contributed by atoms with Crippen LogP contribution in [0.4, 0.5) is 0 Å². The van der Waals surface area contributed by atoms with E-state index in [0.717, 1.165) is 24.4 Å². The van der Waals surface area contributed by atoms with Crippen LogP contribution in [0.5, 0.6) is 0 Å². The number of hydrogen-bond acceptors (Lipinski definition) is 2. The average molecular weight is 263 g/mol. The predicted octanol–water partition coefficient (Wildman–Crippen LogP) is 3.96. The van der Waals surface area contributed by atoms with Gasteiger partial charge in [-0.1, -0.05) is 32.9 Å². The molecule has 0 aliphatic rings. The molecule has 0 N–H and O–H groups in total. The van der Waals surface area contributed by atoms with Gasteiger partial charge in [-0.05, 0) is 46.6 Å². The van der Waals surface area contributed by atoms with Crippen LogP contribution in [0.25, 0.3) is 11.0 Å². The zero-order valence-corrected chi connectivity index (χ0v) is 13.6. The van der Waals surface area contributed by atoms with Gasteiger partial charge in [0.1, 0.15) is 5.82 Å². The third-order valence-corrected chi connectivity index (χ3v) is 2.79. The van der Waals surface area contributed by atoms with E-state index in [9.17, 15) is 0 Å². The van der Waals surface area contributed by atoms with Crippen LogP contribution in [0, 0.1) is 6.92 Å². The van der Waals surface area contributed by atoms with Gasteiger partial charge < -0.3 is 9.47 Å². The van der Waals surface area contributed by atoms with E-state index in [1.165, 1.54) is 5.52 Å². The van der Waals surface area contributed by atoms with Gasteiger partial charge in [0, 0.05) is 6.54 Å². The first kappa shape index (κ1) is 17.6. The minimum Gasteiger partial charge on any atom is -0.329 e. The molecule has 1 heterocycles. The van der Waals surface area contributed by atoms with Crippen LogP contribution in [-0.2, 0) is 6.54 Å². The SMILES string of the molecule is CC.CCN(C)C.CCn1c(C)nc2ccccc21.